The molecule has 0 bridgehead atoms. The van der Waals surface area contributed by atoms with E-state index in [1.807, 2.05) is 0 Å². The first-order valence-corrected chi connectivity index (χ1v) is 5.94. The summed E-state index contributed by atoms with van der Waals surface area (Å²) in [6, 6.07) is 0. The number of allylic oxidation sites excluding steroid dienone is 3. The maximum absolute atomic E-state index is 12.0. The third-order valence-corrected chi connectivity index (χ3v) is 2.55. The van der Waals surface area contributed by atoms with E-state index in [0.717, 1.165) is 6.08 Å². The van der Waals surface area contributed by atoms with Crippen molar-refractivity contribution in [2.75, 3.05) is 0 Å². The molecule has 0 heterocycles. The lowest BCUT2D eigenvalue weighted by Crippen LogP contribution is -2.16. The Morgan fingerprint density at radius 2 is 1.74 bits per heavy atom. The fourth-order valence-corrected chi connectivity index (χ4v) is 1.35. The Labute approximate surface area is 107 Å². The lowest BCUT2D eigenvalue weighted by molar-refractivity contribution is -0.303. The van der Waals surface area contributed by atoms with Crippen LogP contribution in [0.5, 0.6) is 0 Å². The molecule has 0 aromatic rings. The largest absolute Gasteiger partial charge is 0.573 e. The first kappa shape index (κ1) is 17.8. The van der Waals surface area contributed by atoms with Gasteiger partial charge in [0.15, 0.2) is 10.8 Å². The van der Waals surface area contributed by atoms with Gasteiger partial charge in [0.1, 0.15) is 5.76 Å². The third-order valence-electron chi connectivity index (χ3n) is 1.52. The third kappa shape index (κ3) is 7.70. The second kappa shape index (κ2) is 6.78. The zero-order chi connectivity index (χ0) is 15.3. The molecule has 0 aliphatic rings. The topological polar surface area (TPSA) is 26.3 Å². The molecule has 0 radical (unpaired) electrons. The minimum absolute atomic E-state index is 0.171. The molecule has 0 aliphatic heterocycles. The van der Waals surface area contributed by atoms with E-state index < -0.39 is 33.3 Å². The number of hydrogen-bond acceptors (Lipinski definition) is 2. The Morgan fingerprint density at radius 3 is 2.11 bits per heavy atom. The van der Waals surface area contributed by atoms with Crippen LogP contribution in [0.4, 0.5) is 26.3 Å². The van der Waals surface area contributed by atoms with Gasteiger partial charge in [0.25, 0.3) is 0 Å². The molecule has 0 spiro atoms. The predicted molar refractivity (Wildman–Crippen MR) is 58.0 cm³/mol. The van der Waals surface area contributed by atoms with Gasteiger partial charge in [-0.1, -0.05) is 13.5 Å². The first-order valence-electron chi connectivity index (χ1n) is 4.79. The van der Waals surface area contributed by atoms with Crippen LogP contribution in [0.3, 0.4) is 0 Å². The summed E-state index contributed by atoms with van der Waals surface area (Å²) < 4.78 is 86.2. The van der Waals surface area contributed by atoms with E-state index >= 15 is 0 Å². The van der Waals surface area contributed by atoms with Gasteiger partial charge in [-0.25, -0.2) is 4.21 Å². The molecule has 0 aliphatic carbocycles. The van der Waals surface area contributed by atoms with Crippen molar-refractivity contribution < 1.29 is 35.3 Å². The smallest absolute Gasteiger partial charge is 0.406 e. The van der Waals surface area contributed by atoms with Crippen LogP contribution in [0.15, 0.2) is 35.5 Å². The average Bonchev–Trinajstić information content (AvgIpc) is 2.21. The molecule has 0 rings (SSSR count). The van der Waals surface area contributed by atoms with Crippen LogP contribution in [-0.4, -0.2) is 16.1 Å². The molecule has 2 nitrogen and oxygen atoms in total. The summed E-state index contributed by atoms with van der Waals surface area (Å²) in [6.45, 7) is 4.39. The van der Waals surface area contributed by atoms with E-state index in [1.165, 1.54) is 6.92 Å². The molecule has 110 valence electrons. The molecular weight excluding hydrogens is 298 g/mol. The molecule has 1 unspecified atom stereocenters. The average molecular weight is 308 g/mol. The van der Waals surface area contributed by atoms with Crippen molar-refractivity contribution in [3.05, 3.63) is 35.5 Å². The molecule has 0 N–H and O–H groups in total. The Morgan fingerprint density at radius 1 is 1.21 bits per heavy atom. The van der Waals surface area contributed by atoms with E-state index in [2.05, 4.69) is 11.3 Å². The summed E-state index contributed by atoms with van der Waals surface area (Å²) in [7, 11) is -3.37. The minimum Gasteiger partial charge on any atom is -0.406 e. The summed E-state index contributed by atoms with van der Waals surface area (Å²) in [5, 5.41) is 0. The van der Waals surface area contributed by atoms with E-state index in [1.54, 1.807) is 0 Å². The standard InChI is InChI=1S/C10H10F6O2S/c1-3-4-8(18-9(11,12)13)6-5-7(2)19(17)10(14,15)16/h4-6H,2-3H2,1H3/b6-5-,8-4?. The van der Waals surface area contributed by atoms with Crippen molar-refractivity contribution in [1.82, 2.24) is 0 Å². The van der Waals surface area contributed by atoms with Crippen LogP contribution < -0.4 is 0 Å². The molecule has 0 aromatic heterocycles. The molecule has 1 atom stereocenters. The van der Waals surface area contributed by atoms with Crippen LogP contribution in [0.25, 0.3) is 0 Å². The highest BCUT2D eigenvalue weighted by molar-refractivity contribution is 7.90. The number of hydrogen-bond donors (Lipinski definition) is 0. The Kier molecular flexibility index (Phi) is 6.34. The van der Waals surface area contributed by atoms with E-state index in [-0.39, 0.29) is 6.42 Å². The maximum atomic E-state index is 12.0. The quantitative estimate of drug-likeness (QED) is 0.433. The Balaban J connectivity index is 4.88. The molecule has 0 saturated heterocycles. The SMILES string of the molecule is C=C(/C=C\C(=CCC)OC(F)(F)F)S(=O)C(F)(F)F. The van der Waals surface area contributed by atoms with E-state index in [4.69, 9.17) is 0 Å². The van der Waals surface area contributed by atoms with Crippen LogP contribution in [-0.2, 0) is 15.5 Å². The summed E-state index contributed by atoms with van der Waals surface area (Å²) >= 11 is 0. The van der Waals surface area contributed by atoms with Crippen molar-refractivity contribution in [2.45, 2.75) is 25.2 Å². The van der Waals surface area contributed by atoms with Gasteiger partial charge in [-0.05, 0) is 24.6 Å². The summed E-state index contributed by atoms with van der Waals surface area (Å²) in [6.07, 6.45) is -2.59. The van der Waals surface area contributed by atoms with Crippen LogP contribution in [0.1, 0.15) is 13.3 Å². The lowest BCUT2D eigenvalue weighted by Gasteiger charge is -2.10. The van der Waals surface area contributed by atoms with Crippen molar-refractivity contribution in [3.8, 4) is 0 Å². The summed E-state index contributed by atoms with van der Waals surface area (Å²) in [5.41, 5.74) is -5.01. The second-order valence-electron chi connectivity index (χ2n) is 3.08. The van der Waals surface area contributed by atoms with Crippen molar-refractivity contribution in [1.29, 1.82) is 0 Å². The maximum Gasteiger partial charge on any atom is 0.573 e. The molecule has 9 heteroatoms. The summed E-state index contributed by atoms with van der Waals surface area (Å²) in [4.78, 5) is -0.875. The molecule has 0 saturated carbocycles. The fourth-order valence-electron chi connectivity index (χ4n) is 0.864. The zero-order valence-corrected chi connectivity index (χ0v) is 10.5. The minimum atomic E-state index is -5.01. The van der Waals surface area contributed by atoms with Crippen LogP contribution in [0.2, 0.25) is 0 Å². The van der Waals surface area contributed by atoms with Crippen molar-refractivity contribution in [3.63, 3.8) is 0 Å². The van der Waals surface area contributed by atoms with Gasteiger partial charge >= 0.3 is 11.9 Å². The van der Waals surface area contributed by atoms with Crippen LogP contribution >= 0.6 is 0 Å². The van der Waals surface area contributed by atoms with Gasteiger partial charge in [0.05, 0.1) is 0 Å². The lowest BCUT2D eigenvalue weighted by atomic mass is 10.3. The second-order valence-corrected chi connectivity index (χ2v) is 4.60. The highest BCUT2D eigenvalue weighted by atomic mass is 32.2. The first-order chi connectivity index (χ1) is 8.47. The normalized spacial score (nSPS) is 15.6. The van der Waals surface area contributed by atoms with Gasteiger partial charge in [0.2, 0.25) is 0 Å². The van der Waals surface area contributed by atoms with Gasteiger partial charge < -0.3 is 4.74 Å². The fraction of sp³-hybridized carbons (Fsp3) is 0.400. The highest BCUT2D eigenvalue weighted by Crippen LogP contribution is 2.26. The molecule has 0 amide bonds. The van der Waals surface area contributed by atoms with Crippen LogP contribution in [0, 0.1) is 0 Å². The molecule has 19 heavy (non-hydrogen) atoms. The van der Waals surface area contributed by atoms with Gasteiger partial charge in [0, 0.05) is 4.91 Å². The van der Waals surface area contributed by atoms with Crippen molar-refractivity contribution >= 4 is 10.8 Å². The Bertz CT molecular complexity index is 405. The van der Waals surface area contributed by atoms with Gasteiger partial charge in [-0.3, -0.25) is 0 Å². The zero-order valence-electron chi connectivity index (χ0n) is 9.64. The van der Waals surface area contributed by atoms with E-state index in [0.29, 0.717) is 12.2 Å². The number of rotatable bonds is 5. The predicted octanol–water partition coefficient (Wildman–Crippen LogP) is 4.16. The molecular formula is C10H10F6O2S. The highest BCUT2D eigenvalue weighted by Gasteiger charge is 2.38. The van der Waals surface area contributed by atoms with Gasteiger partial charge in [-0.2, -0.15) is 13.2 Å². The summed E-state index contributed by atoms with van der Waals surface area (Å²) in [5.74, 6) is -0.699. The van der Waals surface area contributed by atoms with Crippen molar-refractivity contribution in [2.24, 2.45) is 0 Å². The number of alkyl halides is 6. The number of halogens is 6. The van der Waals surface area contributed by atoms with Gasteiger partial charge in [-0.15, -0.1) is 13.2 Å². The van der Waals surface area contributed by atoms with E-state index in [9.17, 15) is 30.6 Å². The monoisotopic (exact) mass is 308 g/mol. The molecule has 0 aromatic carbocycles. The Hall–Kier alpha value is -1.25. The molecule has 0 fully saturated rings. The number of ether oxygens (including phenoxy) is 1.